The van der Waals surface area contributed by atoms with Crippen molar-refractivity contribution in [1.29, 1.82) is 0 Å². The maximum absolute atomic E-state index is 7.00. The van der Waals surface area contributed by atoms with Crippen LogP contribution in [-0.4, -0.2) is 24.4 Å². The van der Waals surface area contributed by atoms with E-state index in [-0.39, 0.29) is 0 Å². The molecule has 0 heterocycles. The third-order valence-electron chi connectivity index (χ3n) is 0.883. The van der Waals surface area contributed by atoms with Crippen molar-refractivity contribution in [3.05, 3.63) is 24.3 Å². The van der Waals surface area contributed by atoms with E-state index >= 15 is 0 Å². The van der Waals surface area contributed by atoms with Crippen LogP contribution in [0, 0.1) is 0 Å². The lowest BCUT2D eigenvalue weighted by atomic mass is 10.2. The molecule has 0 aliphatic heterocycles. The van der Waals surface area contributed by atoms with E-state index in [4.69, 9.17) is 10.2 Å². The molecule has 0 spiro atoms. The zero-order chi connectivity index (χ0) is 8.24. The normalized spacial score (nSPS) is 12.4. The Morgan fingerprint density at radius 3 is 1.20 bits per heavy atom. The van der Waals surface area contributed by atoms with E-state index in [1.54, 1.807) is 0 Å². The molecule has 0 fully saturated rings. The highest BCUT2D eigenvalue weighted by Gasteiger charge is 1.77. The van der Waals surface area contributed by atoms with Crippen LogP contribution in [0.4, 0.5) is 0 Å². The van der Waals surface area contributed by atoms with Gasteiger partial charge in [-0.15, -0.1) is 0 Å². The molecule has 0 radical (unpaired) electrons. The highest BCUT2D eigenvalue weighted by atomic mass is 16.2. The lowest BCUT2D eigenvalue weighted by Gasteiger charge is -1.88. The van der Waals surface area contributed by atoms with Gasteiger partial charge in [-0.25, -0.2) is 0 Å². The van der Waals surface area contributed by atoms with Gasteiger partial charge in [0.1, 0.15) is 0 Å². The van der Waals surface area contributed by atoms with Crippen LogP contribution in [0.3, 0.4) is 0 Å². The zero-order valence-corrected chi connectivity index (χ0v) is 6.62. The highest BCUT2D eigenvalue weighted by molar-refractivity contribution is 5.07. The van der Waals surface area contributed by atoms with Crippen molar-refractivity contribution < 1.29 is 10.2 Å². The first kappa shape index (κ1) is 12.1. The van der Waals surface area contributed by atoms with Crippen molar-refractivity contribution in [2.24, 2.45) is 0 Å². The molecule has 2 N–H and O–H groups in total. The van der Waals surface area contributed by atoms with Gasteiger partial charge in [0.2, 0.25) is 0 Å². The van der Waals surface area contributed by atoms with Crippen molar-refractivity contribution in [2.75, 3.05) is 14.2 Å². The van der Waals surface area contributed by atoms with Crippen molar-refractivity contribution in [1.82, 2.24) is 0 Å². The predicted molar refractivity (Wildman–Crippen MR) is 43.8 cm³/mol. The Kier molecular flexibility index (Phi) is 19.1. The second kappa shape index (κ2) is 15.8. The van der Waals surface area contributed by atoms with E-state index in [9.17, 15) is 0 Å². The van der Waals surface area contributed by atoms with Crippen molar-refractivity contribution in [3.8, 4) is 0 Å². The number of aliphatic hydroxyl groups is 2. The molecule has 0 aromatic rings. The van der Waals surface area contributed by atoms with Gasteiger partial charge in [0, 0.05) is 14.2 Å². The van der Waals surface area contributed by atoms with Gasteiger partial charge < -0.3 is 10.2 Å². The van der Waals surface area contributed by atoms with Gasteiger partial charge in [-0.05, 0) is 12.8 Å². The van der Waals surface area contributed by atoms with E-state index in [0.717, 1.165) is 14.2 Å². The Labute approximate surface area is 62.5 Å². The summed E-state index contributed by atoms with van der Waals surface area (Å²) >= 11 is 0. The van der Waals surface area contributed by atoms with E-state index in [2.05, 4.69) is 24.3 Å². The lowest BCUT2D eigenvalue weighted by molar-refractivity contribution is 0.399. The number of rotatable bonds is 0. The molecule has 60 valence electrons. The molecule has 0 aromatic carbocycles. The van der Waals surface area contributed by atoms with E-state index < -0.39 is 0 Å². The minimum absolute atomic E-state index is 1.00. The first-order chi connectivity index (χ1) is 5.00. The maximum atomic E-state index is 7.00. The van der Waals surface area contributed by atoms with Crippen LogP contribution in [0.15, 0.2) is 24.3 Å². The highest BCUT2D eigenvalue weighted by Crippen LogP contribution is 1.98. The predicted octanol–water partition coefficient (Wildman–Crippen LogP) is 1.11. The van der Waals surface area contributed by atoms with Crippen LogP contribution in [0.5, 0.6) is 0 Å². The first-order valence-electron chi connectivity index (χ1n) is 3.21. The quantitative estimate of drug-likeness (QED) is 0.534. The SMILES string of the molecule is C1=CCCC=C1.CO.CO. The van der Waals surface area contributed by atoms with Gasteiger partial charge in [0.15, 0.2) is 0 Å². The number of hydrogen-bond acceptors (Lipinski definition) is 2. The maximum Gasteiger partial charge on any atom is 0.0319 e. The van der Waals surface area contributed by atoms with Crippen LogP contribution < -0.4 is 0 Å². The Bertz CT molecular complexity index is 73.3. The molecule has 10 heavy (non-hydrogen) atoms. The molecule has 0 saturated heterocycles. The Balaban J connectivity index is 0. The van der Waals surface area contributed by atoms with Gasteiger partial charge in [0.05, 0.1) is 0 Å². The fraction of sp³-hybridized carbons (Fsp3) is 0.500. The average Bonchev–Trinajstić information content (AvgIpc) is 2.14. The Hall–Kier alpha value is -0.600. The number of hydrogen-bond donors (Lipinski definition) is 2. The fourth-order valence-corrected chi connectivity index (χ4v) is 0.542. The van der Waals surface area contributed by atoms with E-state index in [1.807, 2.05) is 0 Å². The van der Waals surface area contributed by atoms with Crippen LogP contribution in [0.25, 0.3) is 0 Å². The average molecular weight is 144 g/mol. The summed E-state index contributed by atoms with van der Waals surface area (Å²) in [5.74, 6) is 0. The van der Waals surface area contributed by atoms with Crippen molar-refractivity contribution >= 4 is 0 Å². The van der Waals surface area contributed by atoms with Gasteiger partial charge in [-0.3, -0.25) is 0 Å². The smallest absolute Gasteiger partial charge is 0.0319 e. The molecule has 0 amide bonds. The van der Waals surface area contributed by atoms with Crippen LogP contribution in [0.1, 0.15) is 12.8 Å². The molecule has 0 aromatic heterocycles. The molecular weight excluding hydrogens is 128 g/mol. The summed E-state index contributed by atoms with van der Waals surface area (Å²) in [6, 6.07) is 0. The minimum Gasteiger partial charge on any atom is -0.400 e. The standard InChI is InChI=1S/C6H8.2CH4O/c1-2-4-6-5-3-1;2*1-2/h1-4H,5-6H2;2*2H,1H3. The monoisotopic (exact) mass is 144 g/mol. The summed E-state index contributed by atoms with van der Waals surface area (Å²) in [7, 11) is 2.00. The van der Waals surface area contributed by atoms with Crippen LogP contribution in [-0.2, 0) is 0 Å². The Morgan fingerprint density at radius 2 is 1.10 bits per heavy atom. The molecule has 0 unspecified atom stereocenters. The molecule has 0 saturated carbocycles. The minimum atomic E-state index is 1.00. The third kappa shape index (κ3) is 10.4. The molecule has 0 atom stereocenters. The second-order valence-electron chi connectivity index (χ2n) is 1.43. The summed E-state index contributed by atoms with van der Waals surface area (Å²) in [6.45, 7) is 0. The molecule has 1 aliphatic rings. The van der Waals surface area contributed by atoms with Crippen LogP contribution in [0.2, 0.25) is 0 Å². The summed E-state index contributed by atoms with van der Waals surface area (Å²) in [5, 5.41) is 14.0. The Morgan fingerprint density at radius 1 is 0.800 bits per heavy atom. The van der Waals surface area contributed by atoms with Crippen molar-refractivity contribution in [3.63, 3.8) is 0 Å². The van der Waals surface area contributed by atoms with Crippen molar-refractivity contribution in [2.45, 2.75) is 12.8 Å². The lowest BCUT2D eigenvalue weighted by Crippen LogP contribution is -1.67. The molecule has 0 bridgehead atoms. The molecule has 1 aliphatic carbocycles. The summed E-state index contributed by atoms with van der Waals surface area (Å²) in [4.78, 5) is 0. The summed E-state index contributed by atoms with van der Waals surface area (Å²) in [6.07, 6.45) is 11.0. The van der Waals surface area contributed by atoms with Gasteiger partial charge in [-0.2, -0.15) is 0 Å². The summed E-state index contributed by atoms with van der Waals surface area (Å²) in [5.41, 5.74) is 0. The number of allylic oxidation sites excluding steroid dienone is 4. The summed E-state index contributed by atoms with van der Waals surface area (Å²) < 4.78 is 0. The van der Waals surface area contributed by atoms with E-state index in [1.165, 1.54) is 12.8 Å². The fourth-order valence-electron chi connectivity index (χ4n) is 0.542. The van der Waals surface area contributed by atoms with Crippen LogP contribution >= 0.6 is 0 Å². The largest absolute Gasteiger partial charge is 0.400 e. The third-order valence-corrected chi connectivity index (χ3v) is 0.883. The number of aliphatic hydroxyl groups excluding tert-OH is 2. The molecule has 2 nitrogen and oxygen atoms in total. The first-order valence-corrected chi connectivity index (χ1v) is 3.21. The molecular formula is C8H16O2. The topological polar surface area (TPSA) is 40.5 Å². The van der Waals surface area contributed by atoms with Gasteiger partial charge >= 0.3 is 0 Å². The van der Waals surface area contributed by atoms with E-state index in [0.29, 0.717) is 0 Å². The molecule has 1 rings (SSSR count). The second-order valence-corrected chi connectivity index (χ2v) is 1.43. The van der Waals surface area contributed by atoms with Gasteiger partial charge in [0.25, 0.3) is 0 Å². The molecule has 2 heteroatoms. The van der Waals surface area contributed by atoms with Gasteiger partial charge in [-0.1, -0.05) is 24.3 Å². The zero-order valence-electron chi connectivity index (χ0n) is 6.62.